The molecule has 3 rings (SSSR count). The van der Waals surface area contributed by atoms with Crippen LogP contribution in [0.5, 0.6) is 5.75 Å². The van der Waals surface area contributed by atoms with Gasteiger partial charge in [0.25, 0.3) is 0 Å². The van der Waals surface area contributed by atoms with Gasteiger partial charge in [0.05, 0.1) is 13.3 Å². The third-order valence-corrected chi connectivity index (χ3v) is 6.30. The maximum Gasteiger partial charge on any atom is 0.190 e. The normalized spacial score (nSPS) is 19.1. The zero-order chi connectivity index (χ0) is 21.3. The summed E-state index contributed by atoms with van der Waals surface area (Å²) in [5.74, 6) is -0.479. The maximum absolute atomic E-state index is 14.3. The van der Waals surface area contributed by atoms with Gasteiger partial charge >= 0.3 is 0 Å². The Labute approximate surface area is 178 Å². The molecule has 2 aromatic carbocycles. The Bertz CT molecular complexity index is 756. The summed E-state index contributed by atoms with van der Waals surface area (Å²) in [5.41, 5.74) is 2.58. The lowest BCUT2D eigenvalue weighted by atomic mass is 9.77. The average molecular weight is 419 g/mol. The number of halogens is 3. The SMILES string of the molecule is CCCCCC1CCC(c2ccc(-c3cc(F)c(OCCCF)c(F)c3)cc2)CC1. The summed E-state index contributed by atoms with van der Waals surface area (Å²) in [5, 5.41) is 0. The molecular formula is C26H33F3O. The van der Waals surface area contributed by atoms with E-state index >= 15 is 0 Å². The summed E-state index contributed by atoms with van der Waals surface area (Å²) >= 11 is 0. The van der Waals surface area contributed by atoms with Crippen molar-refractivity contribution in [2.45, 2.75) is 70.6 Å². The molecule has 1 saturated carbocycles. The Morgan fingerprint density at radius 2 is 1.53 bits per heavy atom. The quantitative estimate of drug-likeness (QED) is 0.353. The minimum absolute atomic E-state index is 0.0424. The topological polar surface area (TPSA) is 9.23 Å². The van der Waals surface area contributed by atoms with Crippen molar-refractivity contribution in [3.05, 3.63) is 53.6 Å². The molecule has 30 heavy (non-hydrogen) atoms. The maximum atomic E-state index is 14.3. The highest BCUT2D eigenvalue weighted by atomic mass is 19.1. The Hall–Kier alpha value is -1.97. The van der Waals surface area contributed by atoms with E-state index in [1.54, 1.807) is 0 Å². The van der Waals surface area contributed by atoms with Crippen LogP contribution >= 0.6 is 0 Å². The van der Waals surface area contributed by atoms with Crippen LogP contribution in [0, 0.1) is 17.6 Å². The zero-order valence-corrected chi connectivity index (χ0v) is 17.9. The largest absolute Gasteiger partial charge is 0.488 e. The molecule has 0 unspecified atom stereocenters. The Balaban J connectivity index is 1.61. The van der Waals surface area contributed by atoms with Crippen LogP contribution in [-0.4, -0.2) is 13.3 Å². The standard InChI is InChI=1S/C26H33F3O/c1-2-3-4-6-19-7-9-20(10-8-19)21-11-13-22(14-12-21)23-17-24(28)26(25(29)18-23)30-16-5-15-27/h11-14,17-20H,2-10,15-16H2,1H3. The van der Waals surface area contributed by atoms with Crippen LogP contribution in [0.1, 0.15) is 76.2 Å². The van der Waals surface area contributed by atoms with E-state index in [1.807, 2.05) is 12.1 Å². The van der Waals surface area contributed by atoms with Crippen LogP contribution < -0.4 is 4.74 Å². The van der Waals surface area contributed by atoms with Gasteiger partial charge in [0.2, 0.25) is 0 Å². The summed E-state index contributed by atoms with van der Waals surface area (Å²) in [6.07, 6.45) is 10.5. The van der Waals surface area contributed by atoms with E-state index in [2.05, 4.69) is 19.1 Å². The highest BCUT2D eigenvalue weighted by Crippen LogP contribution is 2.38. The van der Waals surface area contributed by atoms with Crippen LogP contribution in [0.25, 0.3) is 11.1 Å². The number of alkyl halides is 1. The van der Waals surface area contributed by atoms with Gasteiger partial charge in [-0.15, -0.1) is 0 Å². The number of rotatable bonds is 10. The number of unbranched alkanes of at least 4 members (excludes halogenated alkanes) is 2. The molecule has 0 radical (unpaired) electrons. The van der Waals surface area contributed by atoms with E-state index in [0.29, 0.717) is 11.5 Å². The highest BCUT2D eigenvalue weighted by molar-refractivity contribution is 5.65. The first kappa shape index (κ1) is 22.7. The molecule has 1 nitrogen and oxygen atoms in total. The Morgan fingerprint density at radius 3 is 2.13 bits per heavy atom. The summed E-state index contributed by atoms with van der Waals surface area (Å²) in [4.78, 5) is 0. The number of benzene rings is 2. The summed E-state index contributed by atoms with van der Waals surface area (Å²) in [6, 6.07) is 10.6. The van der Waals surface area contributed by atoms with Gasteiger partial charge in [-0.05, 0) is 66.3 Å². The van der Waals surface area contributed by atoms with Gasteiger partial charge < -0.3 is 4.74 Å². The summed E-state index contributed by atoms with van der Waals surface area (Å²) < 4.78 is 45.8. The van der Waals surface area contributed by atoms with Gasteiger partial charge in [0, 0.05) is 6.42 Å². The van der Waals surface area contributed by atoms with Crippen molar-refractivity contribution in [2.75, 3.05) is 13.3 Å². The van der Waals surface area contributed by atoms with Crippen LogP contribution in [0.4, 0.5) is 13.2 Å². The molecular weight excluding hydrogens is 385 g/mol. The molecule has 0 spiro atoms. The molecule has 0 saturated heterocycles. The molecule has 0 heterocycles. The van der Waals surface area contributed by atoms with Gasteiger partial charge in [-0.2, -0.15) is 0 Å². The van der Waals surface area contributed by atoms with Gasteiger partial charge in [0.15, 0.2) is 17.4 Å². The fourth-order valence-electron chi connectivity index (χ4n) is 4.51. The van der Waals surface area contributed by atoms with Gasteiger partial charge in [-0.25, -0.2) is 8.78 Å². The van der Waals surface area contributed by atoms with Crippen molar-refractivity contribution in [1.82, 2.24) is 0 Å². The molecule has 0 amide bonds. The predicted molar refractivity (Wildman–Crippen MR) is 117 cm³/mol. The molecule has 0 bridgehead atoms. The highest BCUT2D eigenvalue weighted by Gasteiger charge is 2.22. The third kappa shape index (κ3) is 6.02. The summed E-state index contributed by atoms with van der Waals surface area (Å²) in [6.45, 7) is 1.63. The molecule has 0 atom stereocenters. The monoisotopic (exact) mass is 418 g/mol. The minimum atomic E-state index is -0.755. The van der Waals surface area contributed by atoms with E-state index in [-0.39, 0.29) is 13.0 Å². The molecule has 1 aliphatic rings. The van der Waals surface area contributed by atoms with Crippen LogP contribution in [0.3, 0.4) is 0 Å². The van der Waals surface area contributed by atoms with Gasteiger partial charge in [-0.3, -0.25) is 4.39 Å². The number of hydrogen-bond acceptors (Lipinski definition) is 1. The predicted octanol–water partition coefficient (Wildman–Crippen LogP) is 8.22. The summed E-state index contributed by atoms with van der Waals surface area (Å²) in [7, 11) is 0. The molecule has 0 N–H and O–H groups in total. The lowest BCUT2D eigenvalue weighted by molar-refractivity contribution is 0.265. The molecule has 1 fully saturated rings. The molecule has 1 aliphatic carbocycles. The van der Waals surface area contributed by atoms with Crippen LogP contribution in [0.2, 0.25) is 0 Å². The van der Waals surface area contributed by atoms with E-state index in [4.69, 9.17) is 4.74 Å². The second-order valence-corrected chi connectivity index (χ2v) is 8.50. The smallest absolute Gasteiger partial charge is 0.190 e. The van der Waals surface area contributed by atoms with Crippen molar-refractivity contribution in [3.8, 4) is 16.9 Å². The first-order valence-electron chi connectivity index (χ1n) is 11.4. The van der Waals surface area contributed by atoms with Crippen molar-refractivity contribution in [2.24, 2.45) is 5.92 Å². The Morgan fingerprint density at radius 1 is 0.867 bits per heavy atom. The van der Waals surface area contributed by atoms with Gasteiger partial charge in [0.1, 0.15) is 0 Å². The average Bonchev–Trinajstić information content (AvgIpc) is 2.76. The number of hydrogen-bond donors (Lipinski definition) is 0. The first-order chi connectivity index (χ1) is 14.6. The molecule has 4 heteroatoms. The van der Waals surface area contributed by atoms with E-state index in [0.717, 1.165) is 11.5 Å². The van der Waals surface area contributed by atoms with Crippen LogP contribution in [0.15, 0.2) is 36.4 Å². The Kier molecular flexibility index (Phi) is 8.65. The molecule has 164 valence electrons. The second-order valence-electron chi connectivity index (χ2n) is 8.50. The van der Waals surface area contributed by atoms with E-state index < -0.39 is 24.1 Å². The van der Waals surface area contributed by atoms with Crippen molar-refractivity contribution in [3.63, 3.8) is 0 Å². The number of ether oxygens (including phenoxy) is 1. The molecule has 0 aromatic heterocycles. The van der Waals surface area contributed by atoms with Crippen molar-refractivity contribution >= 4 is 0 Å². The third-order valence-electron chi connectivity index (χ3n) is 6.30. The fraction of sp³-hybridized carbons (Fsp3) is 0.538. The zero-order valence-electron chi connectivity index (χ0n) is 17.9. The van der Waals surface area contributed by atoms with Crippen LogP contribution in [-0.2, 0) is 0 Å². The van der Waals surface area contributed by atoms with Crippen molar-refractivity contribution in [1.29, 1.82) is 0 Å². The lowest BCUT2D eigenvalue weighted by Crippen LogP contribution is -2.13. The first-order valence-corrected chi connectivity index (χ1v) is 11.4. The lowest BCUT2D eigenvalue weighted by Gasteiger charge is -2.29. The van der Waals surface area contributed by atoms with E-state index in [9.17, 15) is 13.2 Å². The minimum Gasteiger partial charge on any atom is -0.488 e. The second kappa shape index (κ2) is 11.4. The van der Waals surface area contributed by atoms with E-state index in [1.165, 1.54) is 69.1 Å². The molecule has 0 aliphatic heterocycles. The molecule has 2 aromatic rings. The fourth-order valence-corrected chi connectivity index (χ4v) is 4.51. The van der Waals surface area contributed by atoms with Crippen molar-refractivity contribution < 1.29 is 17.9 Å². The van der Waals surface area contributed by atoms with Gasteiger partial charge in [-0.1, -0.05) is 56.9 Å².